The van der Waals surface area contributed by atoms with Crippen molar-refractivity contribution in [2.75, 3.05) is 17.2 Å². The summed E-state index contributed by atoms with van der Waals surface area (Å²) < 4.78 is 32.3. The van der Waals surface area contributed by atoms with Gasteiger partial charge in [0.25, 0.3) is 5.91 Å². The molecule has 0 unspecified atom stereocenters. The number of rotatable bonds is 6. The minimum Gasteiger partial charge on any atom is -0.450 e. The second-order valence-corrected chi connectivity index (χ2v) is 8.95. The molecule has 2 aromatic carbocycles. The third-order valence-corrected chi connectivity index (χ3v) is 5.24. The van der Waals surface area contributed by atoms with Crippen LogP contribution < -0.4 is 15.4 Å². The van der Waals surface area contributed by atoms with Gasteiger partial charge in [-0.3, -0.25) is 10.1 Å². The molecule has 0 heterocycles. The van der Waals surface area contributed by atoms with Crippen LogP contribution in [-0.4, -0.2) is 32.6 Å². The number of sulfonamides is 1. The minimum atomic E-state index is -3.73. The van der Waals surface area contributed by atoms with Crippen LogP contribution in [0.3, 0.4) is 0 Å². The maximum atomic E-state index is 12.5. The topological polar surface area (TPSA) is 114 Å². The lowest BCUT2D eigenvalue weighted by Gasteiger charge is -2.20. The largest absolute Gasteiger partial charge is 0.450 e. The van der Waals surface area contributed by atoms with Crippen molar-refractivity contribution >= 4 is 33.4 Å². The summed E-state index contributed by atoms with van der Waals surface area (Å²) in [6, 6.07) is 12.3. The first-order chi connectivity index (χ1) is 13.5. The van der Waals surface area contributed by atoms with Crippen LogP contribution in [0.15, 0.2) is 53.4 Å². The SMILES string of the molecule is CCOC(=O)Nc1cccc(C(=O)Nc2cccc(S(=O)(=O)NC(C)(C)C)c2)c1. The summed E-state index contributed by atoms with van der Waals surface area (Å²) in [6.07, 6.45) is -0.616. The molecule has 0 aromatic heterocycles. The second kappa shape index (κ2) is 9.06. The van der Waals surface area contributed by atoms with Gasteiger partial charge in [0.2, 0.25) is 10.0 Å². The zero-order valence-corrected chi connectivity index (χ0v) is 17.6. The van der Waals surface area contributed by atoms with E-state index in [2.05, 4.69) is 15.4 Å². The van der Waals surface area contributed by atoms with Gasteiger partial charge < -0.3 is 10.1 Å². The van der Waals surface area contributed by atoms with Crippen LogP contribution >= 0.6 is 0 Å². The number of carbonyl (C=O) groups excluding carboxylic acids is 2. The molecule has 0 saturated heterocycles. The van der Waals surface area contributed by atoms with Crippen molar-refractivity contribution in [3.63, 3.8) is 0 Å². The minimum absolute atomic E-state index is 0.0444. The zero-order valence-electron chi connectivity index (χ0n) is 16.8. The molecule has 0 atom stereocenters. The number of benzene rings is 2. The van der Waals surface area contributed by atoms with Crippen molar-refractivity contribution in [2.24, 2.45) is 0 Å². The number of anilines is 2. The highest BCUT2D eigenvalue weighted by Gasteiger charge is 2.22. The summed E-state index contributed by atoms with van der Waals surface area (Å²) in [6.45, 7) is 7.15. The Hall–Kier alpha value is -2.91. The second-order valence-electron chi connectivity index (χ2n) is 7.26. The molecular formula is C20H25N3O5S. The molecule has 0 fully saturated rings. The molecule has 0 bridgehead atoms. The van der Waals surface area contributed by atoms with Crippen molar-refractivity contribution in [1.29, 1.82) is 0 Å². The fraction of sp³-hybridized carbons (Fsp3) is 0.300. The molecule has 0 radical (unpaired) electrons. The number of hydrogen-bond donors (Lipinski definition) is 3. The predicted octanol–water partition coefficient (Wildman–Crippen LogP) is 3.58. The standard InChI is InChI=1S/C20H25N3O5S/c1-5-28-19(25)22-15-9-6-8-14(12-15)18(24)21-16-10-7-11-17(13-16)29(26,27)23-20(2,3)4/h6-13,23H,5H2,1-4H3,(H,21,24)(H,22,25). The Morgan fingerprint density at radius 1 is 0.966 bits per heavy atom. The van der Waals surface area contributed by atoms with Gasteiger partial charge in [-0.05, 0) is 64.1 Å². The Bertz CT molecular complexity index is 997. The number of ether oxygens (including phenoxy) is 1. The van der Waals surface area contributed by atoms with Crippen LogP contribution in [0.4, 0.5) is 16.2 Å². The lowest BCUT2D eigenvalue weighted by atomic mass is 10.1. The van der Waals surface area contributed by atoms with Crippen LogP contribution in [0.5, 0.6) is 0 Å². The first kappa shape index (κ1) is 22.4. The Morgan fingerprint density at radius 2 is 1.59 bits per heavy atom. The van der Waals surface area contributed by atoms with Gasteiger partial charge in [0.15, 0.2) is 0 Å². The van der Waals surface area contributed by atoms with Gasteiger partial charge >= 0.3 is 6.09 Å². The van der Waals surface area contributed by atoms with Crippen molar-refractivity contribution in [2.45, 2.75) is 38.1 Å². The fourth-order valence-electron chi connectivity index (χ4n) is 2.43. The van der Waals surface area contributed by atoms with E-state index in [-0.39, 0.29) is 11.5 Å². The van der Waals surface area contributed by atoms with E-state index < -0.39 is 27.6 Å². The van der Waals surface area contributed by atoms with E-state index in [1.165, 1.54) is 18.2 Å². The molecule has 0 aliphatic carbocycles. The molecule has 0 aliphatic heterocycles. The highest BCUT2D eigenvalue weighted by atomic mass is 32.2. The van der Waals surface area contributed by atoms with Crippen LogP contribution in [0.2, 0.25) is 0 Å². The highest BCUT2D eigenvalue weighted by Crippen LogP contribution is 2.19. The number of hydrogen-bond acceptors (Lipinski definition) is 5. The summed E-state index contributed by atoms with van der Waals surface area (Å²) in [5.74, 6) is -0.448. The van der Waals surface area contributed by atoms with Gasteiger partial charge in [-0.15, -0.1) is 0 Å². The smallest absolute Gasteiger partial charge is 0.411 e. The molecule has 8 nitrogen and oxygen atoms in total. The highest BCUT2D eigenvalue weighted by molar-refractivity contribution is 7.89. The van der Waals surface area contributed by atoms with Crippen molar-refractivity contribution in [3.05, 3.63) is 54.1 Å². The average molecular weight is 420 g/mol. The Balaban J connectivity index is 2.17. The first-order valence-electron chi connectivity index (χ1n) is 8.99. The third kappa shape index (κ3) is 6.88. The van der Waals surface area contributed by atoms with E-state index in [1.807, 2.05) is 0 Å². The Kier molecular flexibility index (Phi) is 6.99. The molecule has 9 heteroatoms. The number of nitrogens with one attached hydrogen (secondary N) is 3. The molecule has 0 spiro atoms. The van der Waals surface area contributed by atoms with Gasteiger partial charge in [-0.2, -0.15) is 0 Å². The molecular weight excluding hydrogens is 394 g/mol. The quantitative estimate of drug-likeness (QED) is 0.662. The first-order valence-corrected chi connectivity index (χ1v) is 10.5. The van der Waals surface area contributed by atoms with E-state index in [9.17, 15) is 18.0 Å². The van der Waals surface area contributed by atoms with Gasteiger partial charge in [-0.25, -0.2) is 17.9 Å². The maximum Gasteiger partial charge on any atom is 0.411 e. The van der Waals surface area contributed by atoms with E-state index in [0.717, 1.165) is 0 Å². The average Bonchev–Trinajstić information content (AvgIpc) is 2.60. The van der Waals surface area contributed by atoms with Crippen LogP contribution in [0, 0.1) is 0 Å². The summed E-state index contributed by atoms with van der Waals surface area (Å²) in [5.41, 5.74) is 0.391. The third-order valence-electron chi connectivity index (χ3n) is 3.49. The van der Waals surface area contributed by atoms with Gasteiger partial charge in [-0.1, -0.05) is 12.1 Å². The predicted molar refractivity (Wildman–Crippen MR) is 112 cm³/mol. The molecule has 3 N–H and O–H groups in total. The zero-order chi connectivity index (χ0) is 21.7. The lowest BCUT2D eigenvalue weighted by Crippen LogP contribution is -2.40. The van der Waals surface area contributed by atoms with Gasteiger partial charge in [0, 0.05) is 22.5 Å². The fourth-order valence-corrected chi connectivity index (χ4v) is 3.89. The number of carbonyl (C=O) groups is 2. The summed E-state index contributed by atoms with van der Waals surface area (Å²) in [4.78, 5) is 24.1. The molecule has 0 aliphatic rings. The van der Waals surface area contributed by atoms with Gasteiger partial charge in [0.05, 0.1) is 11.5 Å². The van der Waals surface area contributed by atoms with E-state index >= 15 is 0 Å². The summed E-state index contributed by atoms with van der Waals surface area (Å²) >= 11 is 0. The van der Waals surface area contributed by atoms with Crippen LogP contribution in [0.25, 0.3) is 0 Å². The Morgan fingerprint density at radius 3 is 2.21 bits per heavy atom. The normalized spacial score (nSPS) is 11.6. The van der Waals surface area contributed by atoms with Crippen LogP contribution in [-0.2, 0) is 14.8 Å². The molecule has 2 rings (SSSR count). The maximum absolute atomic E-state index is 12.5. The molecule has 0 saturated carbocycles. The summed E-state index contributed by atoms with van der Waals surface area (Å²) in [5, 5.41) is 5.19. The lowest BCUT2D eigenvalue weighted by molar-refractivity contribution is 0.102. The van der Waals surface area contributed by atoms with Crippen molar-refractivity contribution in [1.82, 2.24) is 4.72 Å². The van der Waals surface area contributed by atoms with Crippen molar-refractivity contribution in [3.8, 4) is 0 Å². The van der Waals surface area contributed by atoms with E-state index in [1.54, 1.807) is 58.0 Å². The van der Waals surface area contributed by atoms with E-state index in [4.69, 9.17) is 4.74 Å². The monoisotopic (exact) mass is 419 g/mol. The Labute approximate surface area is 170 Å². The molecule has 29 heavy (non-hydrogen) atoms. The number of amides is 2. The molecule has 156 valence electrons. The van der Waals surface area contributed by atoms with Crippen LogP contribution in [0.1, 0.15) is 38.1 Å². The molecule has 2 amide bonds. The molecule has 2 aromatic rings. The van der Waals surface area contributed by atoms with Crippen molar-refractivity contribution < 1.29 is 22.7 Å². The van der Waals surface area contributed by atoms with Gasteiger partial charge in [0.1, 0.15) is 0 Å². The summed E-state index contributed by atoms with van der Waals surface area (Å²) in [7, 11) is -3.73. The van der Waals surface area contributed by atoms with E-state index in [0.29, 0.717) is 16.9 Å².